The van der Waals surface area contributed by atoms with E-state index in [1.54, 1.807) is 25.3 Å². The van der Waals surface area contributed by atoms with Gasteiger partial charge in [-0.25, -0.2) is 4.39 Å². The SMILES string of the molecule is COc1ccc(OCc2ccccc2F)c(CC(C)N)c1. The molecule has 0 aliphatic heterocycles. The zero-order chi connectivity index (χ0) is 15.2. The highest BCUT2D eigenvalue weighted by Crippen LogP contribution is 2.26. The van der Waals surface area contributed by atoms with E-state index < -0.39 is 0 Å². The Labute approximate surface area is 124 Å². The van der Waals surface area contributed by atoms with Gasteiger partial charge in [0.1, 0.15) is 23.9 Å². The Bertz CT molecular complexity index is 599. The molecule has 2 N–H and O–H groups in total. The van der Waals surface area contributed by atoms with Gasteiger partial charge in [-0.3, -0.25) is 0 Å². The van der Waals surface area contributed by atoms with Crippen molar-refractivity contribution in [2.75, 3.05) is 7.11 Å². The van der Waals surface area contributed by atoms with E-state index in [1.165, 1.54) is 6.07 Å². The summed E-state index contributed by atoms with van der Waals surface area (Å²) in [5.41, 5.74) is 7.35. The van der Waals surface area contributed by atoms with Gasteiger partial charge in [-0.05, 0) is 43.2 Å². The molecule has 0 spiro atoms. The van der Waals surface area contributed by atoms with E-state index >= 15 is 0 Å². The molecule has 0 radical (unpaired) electrons. The molecule has 0 fully saturated rings. The van der Waals surface area contributed by atoms with Gasteiger partial charge in [0.05, 0.1) is 7.11 Å². The minimum atomic E-state index is -0.264. The molecule has 2 rings (SSSR count). The maximum absolute atomic E-state index is 13.6. The molecule has 0 saturated carbocycles. The third-order valence-electron chi connectivity index (χ3n) is 3.15. The summed E-state index contributed by atoms with van der Waals surface area (Å²) in [5, 5.41) is 0. The summed E-state index contributed by atoms with van der Waals surface area (Å²) in [6.45, 7) is 2.12. The number of hydrogen-bond acceptors (Lipinski definition) is 3. The largest absolute Gasteiger partial charge is 0.497 e. The number of halogens is 1. The summed E-state index contributed by atoms with van der Waals surface area (Å²) in [7, 11) is 1.62. The van der Waals surface area contributed by atoms with Crippen molar-refractivity contribution in [1.29, 1.82) is 0 Å². The third-order valence-corrected chi connectivity index (χ3v) is 3.15. The molecule has 0 heterocycles. The number of benzene rings is 2. The molecule has 0 aromatic heterocycles. The molecule has 112 valence electrons. The van der Waals surface area contributed by atoms with Crippen molar-refractivity contribution in [3.05, 3.63) is 59.4 Å². The van der Waals surface area contributed by atoms with Crippen LogP contribution in [0, 0.1) is 5.82 Å². The summed E-state index contributed by atoms with van der Waals surface area (Å²) < 4.78 is 24.6. The van der Waals surface area contributed by atoms with Gasteiger partial charge < -0.3 is 15.2 Å². The molecule has 0 aliphatic rings. The van der Waals surface area contributed by atoms with Gasteiger partial charge >= 0.3 is 0 Å². The van der Waals surface area contributed by atoms with Gasteiger partial charge in [-0.2, -0.15) is 0 Å². The number of rotatable bonds is 6. The Kier molecular flexibility index (Phi) is 5.17. The lowest BCUT2D eigenvalue weighted by Gasteiger charge is -2.14. The molecule has 0 aliphatic carbocycles. The maximum Gasteiger partial charge on any atom is 0.129 e. The monoisotopic (exact) mass is 289 g/mol. The van der Waals surface area contributed by atoms with Crippen molar-refractivity contribution in [3.63, 3.8) is 0 Å². The lowest BCUT2D eigenvalue weighted by Crippen LogP contribution is -2.18. The Morgan fingerprint density at radius 3 is 2.57 bits per heavy atom. The van der Waals surface area contributed by atoms with Crippen molar-refractivity contribution >= 4 is 0 Å². The first-order chi connectivity index (χ1) is 10.1. The summed E-state index contributed by atoms with van der Waals surface area (Å²) in [5.74, 6) is 1.19. The van der Waals surface area contributed by atoms with Crippen LogP contribution in [0.15, 0.2) is 42.5 Å². The molecule has 2 aromatic carbocycles. The van der Waals surface area contributed by atoms with Crippen molar-refractivity contribution < 1.29 is 13.9 Å². The van der Waals surface area contributed by atoms with Crippen LogP contribution >= 0.6 is 0 Å². The highest BCUT2D eigenvalue weighted by Gasteiger charge is 2.09. The van der Waals surface area contributed by atoms with Crippen LogP contribution in [0.2, 0.25) is 0 Å². The van der Waals surface area contributed by atoms with E-state index in [2.05, 4.69) is 0 Å². The first kappa shape index (κ1) is 15.3. The Morgan fingerprint density at radius 1 is 1.14 bits per heavy atom. The van der Waals surface area contributed by atoms with Crippen molar-refractivity contribution in [1.82, 2.24) is 0 Å². The van der Waals surface area contributed by atoms with Crippen molar-refractivity contribution in [2.45, 2.75) is 26.0 Å². The maximum atomic E-state index is 13.6. The molecule has 0 bridgehead atoms. The Balaban J connectivity index is 2.17. The number of methoxy groups -OCH3 is 1. The van der Waals surface area contributed by atoms with Crippen molar-refractivity contribution in [2.24, 2.45) is 5.73 Å². The second-order valence-electron chi connectivity index (χ2n) is 5.04. The van der Waals surface area contributed by atoms with Gasteiger partial charge in [0.25, 0.3) is 0 Å². The minimum absolute atomic E-state index is 0.00733. The van der Waals surface area contributed by atoms with Crippen LogP contribution in [0.25, 0.3) is 0 Å². The molecule has 3 nitrogen and oxygen atoms in total. The number of hydrogen-bond donors (Lipinski definition) is 1. The lowest BCUT2D eigenvalue weighted by molar-refractivity contribution is 0.295. The first-order valence-corrected chi connectivity index (χ1v) is 6.89. The van der Waals surface area contributed by atoms with Crippen LogP contribution in [-0.4, -0.2) is 13.2 Å². The molecule has 0 saturated heterocycles. The molecule has 4 heteroatoms. The van der Waals surface area contributed by atoms with Crippen LogP contribution in [0.3, 0.4) is 0 Å². The summed E-state index contributed by atoms with van der Waals surface area (Å²) in [4.78, 5) is 0. The highest BCUT2D eigenvalue weighted by atomic mass is 19.1. The molecule has 0 amide bonds. The normalized spacial score (nSPS) is 12.0. The highest BCUT2D eigenvalue weighted by molar-refractivity contribution is 5.41. The van der Waals surface area contributed by atoms with E-state index in [0.29, 0.717) is 17.7 Å². The van der Waals surface area contributed by atoms with Gasteiger partial charge in [0, 0.05) is 11.6 Å². The number of nitrogens with two attached hydrogens (primary N) is 1. The van der Waals surface area contributed by atoms with Crippen molar-refractivity contribution in [3.8, 4) is 11.5 Å². The predicted octanol–water partition coefficient (Wildman–Crippen LogP) is 3.30. The van der Waals surface area contributed by atoms with Crippen LogP contribution in [0.4, 0.5) is 4.39 Å². The first-order valence-electron chi connectivity index (χ1n) is 6.89. The van der Waals surface area contributed by atoms with Crippen LogP contribution in [-0.2, 0) is 13.0 Å². The second kappa shape index (κ2) is 7.09. The fourth-order valence-electron chi connectivity index (χ4n) is 2.10. The summed E-state index contributed by atoms with van der Waals surface area (Å²) in [6.07, 6.45) is 0.670. The summed E-state index contributed by atoms with van der Waals surface area (Å²) in [6, 6.07) is 12.2. The Morgan fingerprint density at radius 2 is 1.90 bits per heavy atom. The van der Waals surface area contributed by atoms with E-state index in [9.17, 15) is 4.39 Å². The van der Waals surface area contributed by atoms with Gasteiger partial charge in [-0.1, -0.05) is 18.2 Å². The average molecular weight is 289 g/mol. The quantitative estimate of drug-likeness (QED) is 0.887. The molecule has 1 unspecified atom stereocenters. The van der Waals surface area contributed by atoms with Gasteiger partial charge in [0.2, 0.25) is 0 Å². The fraction of sp³-hybridized carbons (Fsp3) is 0.294. The molecule has 1 atom stereocenters. The topological polar surface area (TPSA) is 44.5 Å². The zero-order valence-corrected chi connectivity index (χ0v) is 12.3. The second-order valence-corrected chi connectivity index (χ2v) is 5.04. The minimum Gasteiger partial charge on any atom is -0.497 e. The van der Waals surface area contributed by atoms with Gasteiger partial charge in [-0.15, -0.1) is 0 Å². The van der Waals surface area contributed by atoms with Gasteiger partial charge in [0.15, 0.2) is 0 Å². The van der Waals surface area contributed by atoms with Crippen LogP contribution in [0.5, 0.6) is 11.5 Å². The summed E-state index contributed by atoms with van der Waals surface area (Å²) >= 11 is 0. The van der Waals surface area contributed by atoms with Crippen LogP contribution in [0.1, 0.15) is 18.1 Å². The standard InChI is InChI=1S/C17H20FNO2/c1-12(19)9-14-10-15(20-2)7-8-17(14)21-11-13-5-3-4-6-16(13)18/h3-8,10,12H,9,11,19H2,1-2H3. The predicted molar refractivity (Wildman–Crippen MR) is 81.1 cm³/mol. The average Bonchev–Trinajstić information content (AvgIpc) is 2.46. The molecule has 2 aromatic rings. The Hall–Kier alpha value is -2.07. The van der Waals surface area contributed by atoms with E-state index in [4.69, 9.17) is 15.2 Å². The van der Waals surface area contributed by atoms with E-state index in [1.807, 2.05) is 25.1 Å². The molecular weight excluding hydrogens is 269 g/mol. The molecular formula is C17H20FNO2. The van der Waals surface area contributed by atoms with Crippen LogP contribution < -0.4 is 15.2 Å². The molecule has 21 heavy (non-hydrogen) atoms. The fourth-order valence-corrected chi connectivity index (χ4v) is 2.10. The van der Waals surface area contributed by atoms with E-state index in [-0.39, 0.29) is 18.5 Å². The van der Waals surface area contributed by atoms with E-state index in [0.717, 1.165) is 11.3 Å². The zero-order valence-electron chi connectivity index (χ0n) is 12.3. The number of ether oxygens (including phenoxy) is 2. The smallest absolute Gasteiger partial charge is 0.129 e. The lowest BCUT2D eigenvalue weighted by atomic mass is 10.1. The third kappa shape index (κ3) is 4.20.